The van der Waals surface area contributed by atoms with Crippen molar-refractivity contribution in [3.63, 3.8) is 0 Å². The fourth-order valence-electron chi connectivity index (χ4n) is 3.39. The SMILES string of the molecule is CC1CC(NC2CCS(=O)CC2)CN1C1CC1. The molecule has 0 spiro atoms. The second-order valence-electron chi connectivity index (χ2n) is 6.00. The number of rotatable bonds is 3. The predicted molar refractivity (Wildman–Crippen MR) is 71.6 cm³/mol. The fraction of sp³-hybridized carbons (Fsp3) is 1.00. The van der Waals surface area contributed by atoms with Gasteiger partial charge in [-0.3, -0.25) is 9.11 Å². The summed E-state index contributed by atoms with van der Waals surface area (Å²) in [6, 6.07) is 2.97. The summed E-state index contributed by atoms with van der Waals surface area (Å²) in [5.41, 5.74) is 0. The van der Waals surface area contributed by atoms with Crippen LogP contribution in [0.4, 0.5) is 0 Å². The van der Waals surface area contributed by atoms with Gasteiger partial charge in [-0.2, -0.15) is 0 Å². The van der Waals surface area contributed by atoms with Crippen molar-refractivity contribution in [2.45, 2.75) is 63.2 Å². The first-order chi connectivity index (χ1) is 8.22. The molecule has 3 aliphatic rings. The lowest BCUT2D eigenvalue weighted by atomic mass is 10.1. The Balaban J connectivity index is 1.48. The van der Waals surface area contributed by atoms with E-state index in [0.717, 1.165) is 36.4 Å². The van der Waals surface area contributed by atoms with Crippen molar-refractivity contribution >= 4 is 10.8 Å². The summed E-state index contributed by atoms with van der Waals surface area (Å²) in [5, 5.41) is 3.81. The van der Waals surface area contributed by atoms with E-state index in [1.54, 1.807) is 0 Å². The molecule has 0 bridgehead atoms. The zero-order valence-electron chi connectivity index (χ0n) is 10.7. The van der Waals surface area contributed by atoms with Gasteiger partial charge in [-0.15, -0.1) is 0 Å². The normalized spacial score (nSPS) is 44.1. The number of likely N-dealkylation sites (tertiary alicyclic amines) is 1. The lowest BCUT2D eigenvalue weighted by Crippen LogP contribution is -2.43. The third kappa shape index (κ3) is 2.91. The second-order valence-corrected chi connectivity index (χ2v) is 7.69. The molecule has 3 fully saturated rings. The van der Waals surface area contributed by atoms with Crippen molar-refractivity contribution in [1.82, 2.24) is 10.2 Å². The van der Waals surface area contributed by atoms with Gasteiger partial charge < -0.3 is 5.32 Å². The summed E-state index contributed by atoms with van der Waals surface area (Å²) in [6.45, 7) is 3.61. The van der Waals surface area contributed by atoms with E-state index in [-0.39, 0.29) is 0 Å². The van der Waals surface area contributed by atoms with E-state index in [9.17, 15) is 4.21 Å². The fourth-order valence-corrected chi connectivity index (χ4v) is 4.68. The Morgan fingerprint density at radius 3 is 2.47 bits per heavy atom. The molecule has 2 aliphatic heterocycles. The van der Waals surface area contributed by atoms with E-state index < -0.39 is 10.8 Å². The lowest BCUT2D eigenvalue weighted by Gasteiger charge is -2.26. The maximum Gasteiger partial charge on any atom is 0.0249 e. The molecule has 3 nitrogen and oxygen atoms in total. The largest absolute Gasteiger partial charge is 0.310 e. The first-order valence-corrected chi connectivity index (χ1v) is 8.58. The van der Waals surface area contributed by atoms with Crippen LogP contribution >= 0.6 is 0 Å². The Morgan fingerprint density at radius 2 is 1.82 bits per heavy atom. The zero-order chi connectivity index (χ0) is 11.8. The van der Waals surface area contributed by atoms with Crippen LogP contribution in [-0.2, 0) is 10.8 Å². The van der Waals surface area contributed by atoms with Gasteiger partial charge in [0, 0.05) is 53.0 Å². The number of nitrogens with one attached hydrogen (secondary N) is 1. The van der Waals surface area contributed by atoms with Crippen LogP contribution in [-0.4, -0.2) is 51.3 Å². The molecular formula is C13H24N2OS. The van der Waals surface area contributed by atoms with E-state index in [4.69, 9.17) is 0 Å². The smallest absolute Gasteiger partial charge is 0.0249 e. The van der Waals surface area contributed by atoms with E-state index >= 15 is 0 Å². The molecule has 0 aromatic carbocycles. The molecule has 0 amide bonds. The maximum absolute atomic E-state index is 11.3. The van der Waals surface area contributed by atoms with Crippen molar-refractivity contribution in [2.24, 2.45) is 0 Å². The Kier molecular flexibility index (Phi) is 3.55. The number of hydrogen-bond acceptors (Lipinski definition) is 3. The summed E-state index contributed by atoms with van der Waals surface area (Å²) < 4.78 is 11.3. The van der Waals surface area contributed by atoms with Crippen LogP contribution in [0.1, 0.15) is 39.0 Å². The van der Waals surface area contributed by atoms with Gasteiger partial charge in [0.15, 0.2) is 0 Å². The monoisotopic (exact) mass is 256 g/mol. The summed E-state index contributed by atoms with van der Waals surface area (Å²) in [6.07, 6.45) is 6.36. The molecule has 98 valence electrons. The summed E-state index contributed by atoms with van der Waals surface area (Å²) >= 11 is 0. The average molecular weight is 256 g/mol. The summed E-state index contributed by atoms with van der Waals surface area (Å²) in [4.78, 5) is 2.69. The number of nitrogens with zero attached hydrogens (tertiary/aromatic N) is 1. The Labute approximate surface area is 107 Å². The molecule has 2 saturated heterocycles. The minimum absolute atomic E-state index is 0.526. The van der Waals surface area contributed by atoms with Crippen LogP contribution in [0.3, 0.4) is 0 Å². The molecule has 0 radical (unpaired) electrons. The Hall–Kier alpha value is 0.0700. The average Bonchev–Trinajstić information content (AvgIpc) is 3.08. The van der Waals surface area contributed by atoms with Crippen molar-refractivity contribution in [3.8, 4) is 0 Å². The van der Waals surface area contributed by atoms with Crippen LogP contribution in [0.25, 0.3) is 0 Å². The molecule has 2 atom stereocenters. The van der Waals surface area contributed by atoms with E-state index in [2.05, 4.69) is 17.1 Å². The highest BCUT2D eigenvalue weighted by atomic mass is 32.2. The van der Waals surface area contributed by atoms with Gasteiger partial charge in [-0.05, 0) is 39.0 Å². The summed E-state index contributed by atoms with van der Waals surface area (Å²) in [5.74, 6) is 1.82. The minimum Gasteiger partial charge on any atom is -0.310 e. The minimum atomic E-state index is -0.526. The highest BCUT2D eigenvalue weighted by Crippen LogP contribution is 2.33. The van der Waals surface area contributed by atoms with Crippen LogP contribution in [0.2, 0.25) is 0 Å². The van der Waals surface area contributed by atoms with Crippen molar-refractivity contribution in [1.29, 1.82) is 0 Å². The molecule has 1 saturated carbocycles. The molecule has 0 aromatic heterocycles. The van der Waals surface area contributed by atoms with Crippen LogP contribution in [0, 0.1) is 0 Å². The second kappa shape index (κ2) is 4.98. The molecule has 3 rings (SSSR count). The maximum atomic E-state index is 11.3. The molecule has 0 aromatic rings. The highest BCUT2D eigenvalue weighted by molar-refractivity contribution is 7.85. The molecule has 4 heteroatoms. The molecular weight excluding hydrogens is 232 g/mol. The van der Waals surface area contributed by atoms with Crippen LogP contribution in [0.5, 0.6) is 0 Å². The quantitative estimate of drug-likeness (QED) is 0.821. The van der Waals surface area contributed by atoms with Gasteiger partial charge >= 0.3 is 0 Å². The predicted octanol–water partition coefficient (Wildman–Crippen LogP) is 1.11. The van der Waals surface area contributed by atoms with Crippen LogP contribution in [0.15, 0.2) is 0 Å². The molecule has 2 unspecified atom stereocenters. The molecule has 1 aliphatic carbocycles. The highest BCUT2D eigenvalue weighted by Gasteiger charge is 2.39. The van der Waals surface area contributed by atoms with E-state index in [1.807, 2.05) is 0 Å². The van der Waals surface area contributed by atoms with Gasteiger partial charge in [-0.1, -0.05) is 0 Å². The first kappa shape index (κ1) is 12.1. The molecule has 2 heterocycles. The zero-order valence-corrected chi connectivity index (χ0v) is 11.5. The van der Waals surface area contributed by atoms with Gasteiger partial charge in [0.05, 0.1) is 0 Å². The Bertz CT molecular complexity index is 296. The molecule has 1 N–H and O–H groups in total. The van der Waals surface area contributed by atoms with Crippen LogP contribution < -0.4 is 5.32 Å². The van der Waals surface area contributed by atoms with Gasteiger partial charge in [0.1, 0.15) is 0 Å². The van der Waals surface area contributed by atoms with E-state index in [0.29, 0.717) is 12.1 Å². The van der Waals surface area contributed by atoms with Crippen molar-refractivity contribution < 1.29 is 4.21 Å². The van der Waals surface area contributed by atoms with Gasteiger partial charge in [-0.25, -0.2) is 0 Å². The third-order valence-electron chi connectivity index (χ3n) is 4.50. The van der Waals surface area contributed by atoms with Gasteiger partial charge in [0.2, 0.25) is 0 Å². The Morgan fingerprint density at radius 1 is 1.12 bits per heavy atom. The van der Waals surface area contributed by atoms with Crippen molar-refractivity contribution in [2.75, 3.05) is 18.1 Å². The number of hydrogen-bond donors (Lipinski definition) is 1. The standard InChI is InChI=1S/C13H24N2OS/c1-10-8-12(9-15(10)13-2-3-13)14-11-4-6-17(16)7-5-11/h10-14H,2-9H2,1H3. The third-order valence-corrected chi connectivity index (χ3v) is 5.88. The lowest BCUT2D eigenvalue weighted by molar-refractivity contribution is 0.253. The van der Waals surface area contributed by atoms with Crippen molar-refractivity contribution in [3.05, 3.63) is 0 Å². The first-order valence-electron chi connectivity index (χ1n) is 7.09. The van der Waals surface area contributed by atoms with Gasteiger partial charge in [0.25, 0.3) is 0 Å². The topological polar surface area (TPSA) is 32.3 Å². The van der Waals surface area contributed by atoms with E-state index in [1.165, 1.54) is 25.8 Å². The molecule has 17 heavy (non-hydrogen) atoms. The summed E-state index contributed by atoms with van der Waals surface area (Å²) in [7, 11) is -0.526.